The van der Waals surface area contributed by atoms with Crippen LogP contribution in [0.2, 0.25) is 0 Å². The molecule has 2 aromatic heterocycles. The minimum Gasteiger partial charge on any atom is -0.593 e. The summed E-state index contributed by atoms with van der Waals surface area (Å²) in [7, 11) is 0. The highest BCUT2D eigenvalue weighted by Crippen LogP contribution is 2.40. The Balaban J connectivity index is 1.47. The second kappa shape index (κ2) is 9.09. The Morgan fingerprint density at radius 3 is 2.70 bits per heavy atom. The maximum atomic E-state index is 13.5. The summed E-state index contributed by atoms with van der Waals surface area (Å²) in [5.74, 6) is 0.580. The normalized spacial score (nSPS) is 19.2. The van der Waals surface area contributed by atoms with Crippen LogP contribution in [0.15, 0.2) is 46.2 Å². The quantitative estimate of drug-likeness (QED) is 0.493. The number of hydrogen-bond donors (Lipinski definition) is 1. The fourth-order valence-corrected chi connectivity index (χ4v) is 6.95. The maximum absolute atomic E-state index is 13.5. The lowest BCUT2D eigenvalue weighted by atomic mass is 9.90. The summed E-state index contributed by atoms with van der Waals surface area (Å²) in [6, 6.07) is 6.43. The van der Waals surface area contributed by atoms with Crippen LogP contribution >= 0.6 is 11.3 Å². The van der Waals surface area contributed by atoms with Crippen LogP contribution < -0.4 is 5.32 Å². The zero-order valence-electron chi connectivity index (χ0n) is 16.9. The molecule has 0 radical (unpaired) electrons. The van der Waals surface area contributed by atoms with Gasteiger partial charge >= 0.3 is 0 Å². The SMILES string of the molecule is [O-][S+](c1cc(Nc2ncco2)ccc1-c1cnc(C2CCCCC2)s1)N1CCCC1. The van der Waals surface area contributed by atoms with Crippen molar-refractivity contribution in [3.63, 3.8) is 0 Å². The van der Waals surface area contributed by atoms with Gasteiger partial charge in [0.1, 0.15) is 6.26 Å². The smallest absolute Gasteiger partial charge is 0.299 e. The van der Waals surface area contributed by atoms with Crippen molar-refractivity contribution in [2.24, 2.45) is 0 Å². The Labute approximate surface area is 184 Å². The van der Waals surface area contributed by atoms with Crippen LogP contribution in [-0.4, -0.2) is 31.9 Å². The number of rotatable bonds is 6. The van der Waals surface area contributed by atoms with Gasteiger partial charge in [-0.15, -0.1) is 15.6 Å². The summed E-state index contributed by atoms with van der Waals surface area (Å²) in [6.07, 6.45) is 13.7. The molecule has 3 heterocycles. The van der Waals surface area contributed by atoms with E-state index in [0.29, 0.717) is 11.9 Å². The van der Waals surface area contributed by atoms with Gasteiger partial charge in [0, 0.05) is 37.0 Å². The number of hydrogen-bond acceptors (Lipinski definition) is 7. The number of aromatic nitrogens is 2. The minimum absolute atomic E-state index is 0.429. The lowest BCUT2D eigenvalue weighted by Gasteiger charge is -2.21. The molecular weight excluding hydrogens is 416 g/mol. The fraction of sp³-hybridized carbons (Fsp3) is 0.455. The fourth-order valence-electron chi connectivity index (χ4n) is 4.30. The topological polar surface area (TPSA) is 77.2 Å². The van der Waals surface area contributed by atoms with Gasteiger partial charge in [0.2, 0.25) is 0 Å². The average molecular weight is 443 g/mol. The monoisotopic (exact) mass is 442 g/mol. The standard InChI is InChI=1S/C22H26N4O2S2/c27-30(26-11-4-5-12-26)20-14-17(25-22-23-10-13-28-22)8-9-18(20)19-15-24-21(29-19)16-6-2-1-3-7-16/h8-10,13-16H,1-7,11-12H2,(H,23,25). The van der Waals surface area contributed by atoms with Gasteiger partial charge in [-0.05, 0) is 37.8 Å². The predicted molar refractivity (Wildman–Crippen MR) is 120 cm³/mol. The van der Waals surface area contributed by atoms with E-state index < -0.39 is 11.4 Å². The molecule has 2 fully saturated rings. The van der Waals surface area contributed by atoms with Crippen LogP contribution in [-0.2, 0) is 11.4 Å². The Morgan fingerprint density at radius 2 is 1.93 bits per heavy atom. The molecule has 2 aliphatic rings. The molecule has 1 saturated carbocycles. The van der Waals surface area contributed by atoms with Gasteiger partial charge in [0.15, 0.2) is 4.90 Å². The van der Waals surface area contributed by atoms with Crippen LogP contribution in [0.5, 0.6) is 0 Å². The van der Waals surface area contributed by atoms with E-state index in [1.807, 2.05) is 24.4 Å². The third-order valence-corrected chi connectivity index (χ3v) is 8.64. The first-order valence-electron chi connectivity index (χ1n) is 10.7. The number of nitrogens with zero attached hydrogens (tertiary/aromatic N) is 3. The van der Waals surface area contributed by atoms with E-state index >= 15 is 0 Å². The molecule has 1 unspecified atom stereocenters. The summed E-state index contributed by atoms with van der Waals surface area (Å²) in [5.41, 5.74) is 1.83. The molecule has 1 N–H and O–H groups in total. The van der Waals surface area contributed by atoms with E-state index in [9.17, 15) is 4.55 Å². The van der Waals surface area contributed by atoms with Gasteiger partial charge in [0.05, 0.1) is 33.0 Å². The van der Waals surface area contributed by atoms with Crippen LogP contribution in [0.1, 0.15) is 55.9 Å². The Bertz CT molecular complexity index is 963. The lowest BCUT2D eigenvalue weighted by Crippen LogP contribution is -2.28. The van der Waals surface area contributed by atoms with Gasteiger partial charge in [-0.25, -0.2) is 9.97 Å². The molecule has 1 atom stereocenters. The highest BCUT2D eigenvalue weighted by atomic mass is 32.2. The van der Waals surface area contributed by atoms with E-state index in [0.717, 1.165) is 47.0 Å². The van der Waals surface area contributed by atoms with Crippen molar-refractivity contribution in [3.8, 4) is 10.4 Å². The zero-order valence-corrected chi connectivity index (χ0v) is 18.5. The molecule has 0 bridgehead atoms. The molecule has 6 nitrogen and oxygen atoms in total. The largest absolute Gasteiger partial charge is 0.593 e. The molecule has 1 aliphatic carbocycles. The molecule has 0 spiro atoms. The van der Waals surface area contributed by atoms with E-state index in [2.05, 4.69) is 14.6 Å². The molecule has 158 valence electrons. The first kappa shape index (κ1) is 20.1. The van der Waals surface area contributed by atoms with E-state index in [-0.39, 0.29) is 0 Å². The van der Waals surface area contributed by atoms with Crippen molar-refractivity contribution in [3.05, 3.63) is 41.9 Å². The van der Waals surface area contributed by atoms with Crippen LogP contribution in [0.25, 0.3) is 10.4 Å². The van der Waals surface area contributed by atoms with E-state index in [1.165, 1.54) is 43.4 Å². The highest BCUT2D eigenvalue weighted by molar-refractivity contribution is 7.89. The number of oxazole rings is 1. The number of anilines is 2. The van der Waals surface area contributed by atoms with Gasteiger partial charge in [-0.3, -0.25) is 0 Å². The molecular formula is C22H26N4O2S2. The average Bonchev–Trinajstić information content (AvgIpc) is 3.56. The Hall–Kier alpha value is -1.87. The van der Waals surface area contributed by atoms with Crippen LogP contribution in [0, 0.1) is 0 Å². The van der Waals surface area contributed by atoms with Gasteiger partial charge in [0.25, 0.3) is 6.01 Å². The van der Waals surface area contributed by atoms with Crippen molar-refractivity contribution < 1.29 is 8.97 Å². The zero-order chi connectivity index (χ0) is 20.3. The molecule has 0 amide bonds. The Morgan fingerprint density at radius 1 is 1.10 bits per heavy atom. The molecule has 8 heteroatoms. The van der Waals surface area contributed by atoms with Gasteiger partial charge in [-0.1, -0.05) is 19.3 Å². The molecule has 1 saturated heterocycles. The third kappa shape index (κ3) is 4.27. The number of nitrogens with one attached hydrogen (secondary N) is 1. The molecule has 5 rings (SSSR count). The van der Waals surface area contributed by atoms with E-state index in [4.69, 9.17) is 9.40 Å². The van der Waals surface area contributed by atoms with E-state index in [1.54, 1.807) is 17.5 Å². The number of benzene rings is 1. The van der Waals surface area contributed by atoms with Crippen molar-refractivity contribution in [1.29, 1.82) is 0 Å². The van der Waals surface area contributed by atoms with Gasteiger partial charge in [-0.2, -0.15) is 0 Å². The highest BCUT2D eigenvalue weighted by Gasteiger charge is 2.30. The first-order valence-corrected chi connectivity index (χ1v) is 12.6. The van der Waals surface area contributed by atoms with Crippen molar-refractivity contribution in [2.75, 3.05) is 18.4 Å². The lowest BCUT2D eigenvalue weighted by molar-refractivity contribution is 0.442. The van der Waals surface area contributed by atoms with Crippen molar-refractivity contribution >= 4 is 34.4 Å². The predicted octanol–water partition coefficient (Wildman–Crippen LogP) is 5.71. The second-order valence-electron chi connectivity index (χ2n) is 7.96. The second-order valence-corrected chi connectivity index (χ2v) is 10.5. The summed E-state index contributed by atoms with van der Waals surface area (Å²) < 4.78 is 20.8. The van der Waals surface area contributed by atoms with Crippen molar-refractivity contribution in [1.82, 2.24) is 14.3 Å². The molecule has 30 heavy (non-hydrogen) atoms. The minimum atomic E-state index is -1.20. The molecule has 1 aliphatic heterocycles. The number of thiazole rings is 1. The van der Waals surface area contributed by atoms with Gasteiger partial charge < -0.3 is 14.3 Å². The molecule has 1 aromatic carbocycles. The summed E-state index contributed by atoms with van der Waals surface area (Å²) >= 11 is 0.559. The van der Waals surface area contributed by atoms with Crippen molar-refractivity contribution in [2.45, 2.75) is 55.8 Å². The maximum Gasteiger partial charge on any atom is 0.299 e. The molecule has 3 aromatic rings. The summed E-state index contributed by atoms with van der Waals surface area (Å²) in [6.45, 7) is 1.75. The summed E-state index contributed by atoms with van der Waals surface area (Å²) in [4.78, 5) is 10.8. The first-order chi connectivity index (χ1) is 14.8. The third-order valence-electron chi connectivity index (χ3n) is 5.90. The van der Waals surface area contributed by atoms with Crippen LogP contribution in [0.4, 0.5) is 11.7 Å². The van der Waals surface area contributed by atoms with Crippen LogP contribution in [0.3, 0.4) is 0 Å². The summed E-state index contributed by atoms with van der Waals surface area (Å²) in [5, 5.41) is 4.39. The Kier molecular flexibility index (Phi) is 6.08.